The number of amides is 2. The molecular formula is C26H23N3O2. The monoisotopic (exact) mass is 409 g/mol. The van der Waals surface area contributed by atoms with Crippen molar-refractivity contribution in [1.29, 1.82) is 0 Å². The average molecular weight is 409 g/mol. The summed E-state index contributed by atoms with van der Waals surface area (Å²) in [6.45, 7) is 2.35. The maximum atomic E-state index is 13.2. The zero-order valence-corrected chi connectivity index (χ0v) is 17.3. The minimum absolute atomic E-state index is 0.0333. The summed E-state index contributed by atoms with van der Waals surface area (Å²) in [7, 11) is 0. The molecule has 1 aromatic heterocycles. The topological polar surface area (TPSA) is 65.2 Å². The van der Waals surface area contributed by atoms with Crippen LogP contribution in [-0.4, -0.2) is 28.2 Å². The SMILES string of the molecule is Cc1ccc(NC(=O)CCN2C(=O)c3ccccc3[C@H]2c2c[nH]c3ccccc23)cc1. The molecule has 31 heavy (non-hydrogen) atoms. The molecule has 0 fully saturated rings. The van der Waals surface area contributed by atoms with Gasteiger partial charge in [-0.05, 0) is 36.8 Å². The zero-order valence-electron chi connectivity index (χ0n) is 17.3. The quantitative estimate of drug-likeness (QED) is 0.484. The van der Waals surface area contributed by atoms with E-state index in [2.05, 4.69) is 16.4 Å². The van der Waals surface area contributed by atoms with Crippen molar-refractivity contribution in [2.75, 3.05) is 11.9 Å². The number of rotatable bonds is 5. The second-order valence-corrected chi connectivity index (χ2v) is 7.94. The van der Waals surface area contributed by atoms with Gasteiger partial charge < -0.3 is 15.2 Å². The van der Waals surface area contributed by atoms with Gasteiger partial charge in [-0.2, -0.15) is 0 Å². The van der Waals surface area contributed by atoms with Gasteiger partial charge in [0.25, 0.3) is 5.91 Å². The van der Waals surface area contributed by atoms with Crippen LogP contribution in [0.2, 0.25) is 0 Å². The number of carbonyl (C=O) groups is 2. The standard InChI is InChI=1S/C26H23N3O2/c1-17-10-12-18(13-11-17)28-24(30)14-15-29-25(20-7-2-3-8-21(20)26(29)31)22-16-27-23-9-5-4-6-19(22)23/h2-13,16,25,27H,14-15H2,1H3,(H,28,30)/t25-/m0/s1. The number of nitrogens with zero attached hydrogens (tertiary/aromatic N) is 1. The number of benzene rings is 3. The molecule has 1 atom stereocenters. The number of fused-ring (bicyclic) bond motifs is 2. The summed E-state index contributed by atoms with van der Waals surface area (Å²) in [5, 5.41) is 4.01. The van der Waals surface area contributed by atoms with Crippen molar-refractivity contribution in [1.82, 2.24) is 9.88 Å². The lowest BCUT2D eigenvalue weighted by Gasteiger charge is -2.25. The Bertz CT molecular complexity index is 1270. The van der Waals surface area contributed by atoms with Crippen molar-refractivity contribution in [2.24, 2.45) is 0 Å². The molecule has 1 aliphatic heterocycles. The number of nitrogens with one attached hydrogen (secondary N) is 2. The molecule has 0 unspecified atom stereocenters. The molecule has 2 heterocycles. The zero-order chi connectivity index (χ0) is 21.4. The third-order valence-corrected chi connectivity index (χ3v) is 5.89. The first-order valence-electron chi connectivity index (χ1n) is 10.4. The molecule has 5 rings (SSSR count). The fourth-order valence-electron chi connectivity index (χ4n) is 4.34. The van der Waals surface area contributed by atoms with E-state index in [1.54, 1.807) is 0 Å². The number of hydrogen-bond donors (Lipinski definition) is 2. The number of carbonyl (C=O) groups excluding carboxylic acids is 2. The van der Waals surface area contributed by atoms with Gasteiger partial charge in [-0.3, -0.25) is 9.59 Å². The van der Waals surface area contributed by atoms with E-state index >= 15 is 0 Å². The summed E-state index contributed by atoms with van der Waals surface area (Å²) in [5.41, 5.74) is 5.67. The van der Waals surface area contributed by atoms with Gasteiger partial charge in [-0.15, -0.1) is 0 Å². The molecule has 2 amide bonds. The Hall–Kier alpha value is -3.86. The number of aromatic amines is 1. The van der Waals surface area contributed by atoms with Crippen molar-refractivity contribution in [2.45, 2.75) is 19.4 Å². The third kappa shape index (κ3) is 3.48. The Morgan fingerprint density at radius 3 is 2.55 bits per heavy atom. The summed E-state index contributed by atoms with van der Waals surface area (Å²) >= 11 is 0. The predicted molar refractivity (Wildman–Crippen MR) is 122 cm³/mol. The van der Waals surface area contributed by atoms with E-state index in [-0.39, 0.29) is 24.3 Å². The van der Waals surface area contributed by atoms with Gasteiger partial charge in [0.2, 0.25) is 5.91 Å². The van der Waals surface area contributed by atoms with Gasteiger partial charge in [0, 0.05) is 46.9 Å². The fraction of sp³-hybridized carbons (Fsp3) is 0.154. The van der Waals surface area contributed by atoms with E-state index < -0.39 is 0 Å². The number of H-pyrrole nitrogens is 1. The van der Waals surface area contributed by atoms with Crippen LogP contribution in [-0.2, 0) is 4.79 Å². The number of aryl methyl sites for hydroxylation is 1. The van der Waals surface area contributed by atoms with Crippen molar-refractivity contribution in [3.05, 3.63) is 101 Å². The molecule has 5 heteroatoms. The van der Waals surface area contributed by atoms with E-state index in [1.807, 2.05) is 84.8 Å². The summed E-state index contributed by atoms with van der Waals surface area (Å²) in [4.78, 5) is 30.9. The van der Waals surface area contributed by atoms with Crippen LogP contribution in [0.15, 0.2) is 79.0 Å². The van der Waals surface area contributed by atoms with Crippen LogP contribution in [0.5, 0.6) is 0 Å². The van der Waals surface area contributed by atoms with E-state index in [1.165, 1.54) is 0 Å². The van der Waals surface area contributed by atoms with Gasteiger partial charge >= 0.3 is 0 Å². The van der Waals surface area contributed by atoms with Crippen molar-refractivity contribution < 1.29 is 9.59 Å². The average Bonchev–Trinajstić information content (AvgIpc) is 3.33. The lowest BCUT2D eigenvalue weighted by Crippen LogP contribution is -2.32. The van der Waals surface area contributed by atoms with Crippen molar-refractivity contribution in [3.63, 3.8) is 0 Å². The number of para-hydroxylation sites is 1. The second kappa shape index (κ2) is 7.76. The molecule has 0 saturated carbocycles. The molecule has 3 aromatic carbocycles. The van der Waals surface area contributed by atoms with Gasteiger partial charge in [0.1, 0.15) is 0 Å². The van der Waals surface area contributed by atoms with Gasteiger partial charge in [0.15, 0.2) is 0 Å². The fourth-order valence-corrected chi connectivity index (χ4v) is 4.34. The number of aromatic nitrogens is 1. The van der Waals surface area contributed by atoms with Crippen molar-refractivity contribution >= 4 is 28.4 Å². The lowest BCUT2D eigenvalue weighted by molar-refractivity contribution is -0.116. The van der Waals surface area contributed by atoms with Gasteiger partial charge in [-0.1, -0.05) is 54.1 Å². The highest BCUT2D eigenvalue weighted by Gasteiger charge is 2.38. The summed E-state index contributed by atoms with van der Waals surface area (Å²) < 4.78 is 0. The largest absolute Gasteiger partial charge is 0.361 e. The van der Waals surface area contributed by atoms with Crippen LogP contribution < -0.4 is 5.32 Å². The van der Waals surface area contributed by atoms with Crippen LogP contribution >= 0.6 is 0 Å². The molecule has 2 N–H and O–H groups in total. The maximum Gasteiger partial charge on any atom is 0.255 e. The van der Waals surface area contributed by atoms with Gasteiger partial charge in [-0.25, -0.2) is 0 Å². The number of hydrogen-bond acceptors (Lipinski definition) is 2. The van der Waals surface area contributed by atoms with Crippen LogP contribution in [0.25, 0.3) is 10.9 Å². The molecule has 0 aliphatic carbocycles. The first-order valence-corrected chi connectivity index (χ1v) is 10.4. The Morgan fingerprint density at radius 2 is 1.71 bits per heavy atom. The molecule has 0 bridgehead atoms. The smallest absolute Gasteiger partial charge is 0.255 e. The number of anilines is 1. The maximum absolute atomic E-state index is 13.2. The lowest BCUT2D eigenvalue weighted by atomic mass is 9.97. The first-order chi connectivity index (χ1) is 15.1. The molecule has 1 aliphatic rings. The van der Waals surface area contributed by atoms with Crippen LogP contribution in [0.3, 0.4) is 0 Å². The first kappa shape index (κ1) is 19.1. The molecule has 0 saturated heterocycles. The van der Waals surface area contributed by atoms with E-state index in [0.29, 0.717) is 12.1 Å². The second-order valence-electron chi connectivity index (χ2n) is 7.94. The Morgan fingerprint density at radius 1 is 0.968 bits per heavy atom. The van der Waals surface area contributed by atoms with Crippen molar-refractivity contribution in [3.8, 4) is 0 Å². The molecular weight excluding hydrogens is 386 g/mol. The highest BCUT2D eigenvalue weighted by molar-refractivity contribution is 6.01. The van der Waals surface area contributed by atoms with E-state index in [4.69, 9.17) is 0 Å². The molecule has 5 nitrogen and oxygen atoms in total. The molecule has 0 spiro atoms. The summed E-state index contributed by atoms with van der Waals surface area (Å²) in [6, 6.07) is 23.3. The van der Waals surface area contributed by atoms with Gasteiger partial charge in [0.05, 0.1) is 6.04 Å². The van der Waals surface area contributed by atoms with E-state index in [0.717, 1.165) is 33.3 Å². The molecule has 0 radical (unpaired) electrons. The van der Waals surface area contributed by atoms with E-state index in [9.17, 15) is 9.59 Å². The minimum Gasteiger partial charge on any atom is -0.361 e. The Balaban J connectivity index is 1.42. The third-order valence-electron chi connectivity index (χ3n) is 5.89. The predicted octanol–water partition coefficient (Wildman–Crippen LogP) is 5.05. The summed E-state index contributed by atoms with van der Waals surface area (Å²) in [5.74, 6) is -0.140. The highest BCUT2D eigenvalue weighted by atomic mass is 16.2. The van der Waals surface area contributed by atoms with Crippen LogP contribution in [0, 0.1) is 6.92 Å². The Kier molecular flexibility index (Phi) is 4.79. The van der Waals surface area contributed by atoms with Crippen LogP contribution in [0.1, 0.15) is 39.5 Å². The Labute approximate surface area is 180 Å². The highest BCUT2D eigenvalue weighted by Crippen LogP contribution is 2.41. The minimum atomic E-state index is -0.216. The molecule has 4 aromatic rings. The molecule has 154 valence electrons. The normalized spacial score (nSPS) is 15.3. The summed E-state index contributed by atoms with van der Waals surface area (Å²) in [6.07, 6.45) is 2.20. The van der Waals surface area contributed by atoms with Crippen LogP contribution in [0.4, 0.5) is 5.69 Å².